The van der Waals surface area contributed by atoms with Crippen molar-refractivity contribution < 1.29 is 0 Å². The second-order valence-corrected chi connectivity index (χ2v) is 4.79. The molecular formula is C11H10N4S2. The van der Waals surface area contributed by atoms with Crippen molar-refractivity contribution in [3.8, 4) is 0 Å². The van der Waals surface area contributed by atoms with Crippen molar-refractivity contribution >= 4 is 34.7 Å². The lowest BCUT2D eigenvalue weighted by atomic mass is 10.3. The number of hydrogen-bond acceptors (Lipinski definition) is 4. The molecule has 4 nitrogen and oxygen atoms in total. The van der Waals surface area contributed by atoms with E-state index in [9.17, 15) is 0 Å². The van der Waals surface area contributed by atoms with Gasteiger partial charge < -0.3 is 9.55 Å². The van der Waals surface area contributed by atoms with Crippen LogP contribution in [0, 0.1) is 4.77 Å². The first kappa shape index (κ1) is 10.6. The molecular weight excluding hydrogens is 252 g/mol. The lowest BCUT2D eigenvalue weighted by Crippen LogP contribution is -2.02. The fourth-order valence-electron chi connectivity index (χ4n) is 1.78. The molecule has 0 radical (unpaired) electrons. The van der Waals surface area contributed by atoms with Gasteiger partial charge in [0.1, 0.15) is 0 Å². The van der Waals surface area contributed by atoms with Crippen LogP contribution in [0.2, 0.25) is 0 Å². The van der Waals surface area contributed by atoms with E-state index >= 15 is 0 Å². The van der Waals surface area contributed by atoms with Crippen LogP contribution in [0.1, 0.15) is 5.69 Å². The van der Waals surface area contributed by atoms with Crippen molar-refractivity contribution in [1.29, 1.82) is 0 Å². The maximum atomic E-state index is 5.30. The summed E-state index contributed by atoms with van der Waals surface area (Å²) in [6, 6.07) is 3.88. The molecule has 3 aromatic heterocycles. The lowest BCUT2D eigenvalue weighted by molar-refractivity contribution is 0.692. The number of hydrogen-bond donors (Lipinski definition) is 1. The fraction of sp³-hybridized carbons (Fsp3) is 0.182. The Morgan fingerprint density at radius 1 is 1.41 bits per heavy atom. The second kappa shape index (κ2) is 4.38. The average molecular weight is 262 g/mol. The topological polar surface area (TPSA) is 46.5 Å². The van der Waals surface area contributed by atoms with Crippen LogP contribution in [0.5, 0.6) is 0 Å². The van der Waals surface area contributed by atoms with E-state index < -0.39 is 0 Å². The van der Waals surface area contributed by atoms with E-state index in [1.54, 1.807) is 17.5 Å². The van der Waals surface area contributed by atoms with Gasteiger partial charge in [-0.2, -0.15) is 0 Å². The van der Waals surface area contributed by atoms with Gasteiger partial charge in [-0.05, 0) is 24.4 Å². The van der Waals surface area contributed by atoms with Crippen LogP contribution >= 0.6 is 23.6 Å². The highest BCUT2D eigenvalue weighted by atomic mass is 32.1. The van der Waals surface area contributed by atoms with E-state index in [0.29, 0.717) is 4.77 Å². The van der Waals surface area contributed by atoms with Gasteiger partial charge in [0.05, 0.1) is 16.7 Å². The number of imidazole rings is 1. The summed E-state index contributed by atoms with van der Waals surface area (Å²) in [5.41, 5.74) is 4.84. The highest BCUT2D eigenvalue weighted by molar-refractivity contribution is 7.71. The van der Waals surface area contributed by atoms with E-state index in [4.69, 9.17) is 12.2 Å². The highest BCUT2D eigenvalue weighted by Crippen LogP contribution is 2.12. The van der Waals surface area contributed by atoms with Crippen molar-refractivity contribution in [3.63, 3.8) is 0 Å². The molecule has 0 saturated carbocycles. The zero-order valence-corrected chi connectivity index (χ0v) is 10.6. The maximum absolute atomic E-state index is 5.30. The molecule has 0 fully saturated rings. The minimum Gasteiger partial charge on any atom is -0.329 e. The van der Waals surface area contributed by atoms with Gasteiger partial charge in [0.25, 0.3) is 0 Å². The Morgan fingerprint density at radius 3 is 3.18 bits per heavy atom. The molecule has 0 aliphatic heterocycles. The van der Waals surface area contributed by atoms with Crippen LogP contribution in [-0.4, -0.2) is 19.5 Å². The Labute approximate surface area is 107 Å². The van der Waals surface area contributed by atoms with Crippen molar-refractivity contribution in [2.24, 2.45) is 0 Å². The van der Waals surface area contributed by atoms with Gasteiger partial charge in [-0.15, -0.1) is 11.3 Å². The quantitative estimate of drug-likeness (QED) is 0.738. The number of fused-ring (bicyclic) bond motifs is 1. The standard InChI is InChI=1S/C11H10N4S2/c16-11-14-9-2-1-4-12-10(9)15(11)5-3-8-6-17-7-13-8/h1-2,4,6-7H,3,5H2,(H,14,16). The second-order valence-electron chi connectivity index (χ2n) is 3.69. The predicted octanol–water partition coefficient (Wildman–Crippen LogP) is 2.79. The average Bonchev–Trinajstić information content (AvgIpc) is 2.93. The SMILES string of the molecule is S=c1[nH]c2cccnc2n1CCc1cscn1. The number of aromatic amines is 1. The monoisotopic (exact) mass is 262 g/mol. The largest absolute Gasteiger partial charge is 0.329 e. The molecule has 3 rings (SSSR count). The number of nitrogens with zero attached hydrogens (tertiary/aromatic N) is 3. The first-order chi connectivity index (χ1) is 8.34. The van der Waals surface area contributed by atoms with Crippen molar-refractivity contribution in [2.45, 2.75) is 13.0 Å². The van der Waals surface area contributed by atoms with E-state index in [-0.39, 0.29) is 0 Å². The number of aryl methyl sites for hydroxylation is 2. The zero-order chi connectivity index (χ0) is 11.7. The van der Waals surface area contributed by atoms with Gasteiger partial charge >= 0.3 is 0 Å². The highest BCUT2D eigenvalue weighted by Gasteiger charge is 2.05. The molecule has 1 N–H and O–H groups in total. The van der Waals surface area contributed by atoms with Crippen LogP contribution in [0.4, 0.5) is 0 Å². The number of H-pyrrole nitrogens is 1. The molecule has 0 atom stereocenters. The van der Waals surface area contributed by atoms with Crippen LogP contribution in [-0.2, 0) is 13.0 Å². The first-order valence-electron chi connectivity index (χ1n) is 5.25. The van der Waals surface area contributed by atoms with Gasteiger partial charge in [-0.25, -0.2) is 9.97 Å². The summed E-state index contributed by atoms with van der Waals surface area (Å²) in [6.45, 7) is 0.805. The molecule has 0 aromatic carbocycles. The van der Waals surface area contributed by atoms with Gasteiger partial charge in [0.15, 0.2) is 10.4 Å². The third-order valence-electron chi connectivity index (χ3n) is 2.60. The molecule has 0 unspecified atom stereocenters. The number of pyridine rings is 1. The third-order valence-corrected chi connectivity index (χ3v) is 3.56. The molecule has 0 amide bonds. The molecule has 0 spiro atoms. The third kappa shape index (κ3) is 2.01. The molecule has 3 aromatic rings. The molecule has 17 heavy (non-hydrogen) atoms. The summed E-state index contributed by atoms with van der Waals surface area (Å²) in [4.78, 5) is 11.8. The van der Waals surface area contributed by atoms with Gasteiger partial charge in [0.2, 0.25) is 0 Å². The minimum absolute atomic E-state index is 0.717. The van der Waals surface area contributed by atoms with Crippen LogP contribution in [0.15, 0.2) is 29.2 Å². The van der Waals surface area contributed by atoms with E-state index in [2.05, 4.69) is 20.3 Å². The Hall–Kier alpha value is -1.53. The number of nitrogens with one attached hydrogen (secondary N) is 1. The lowest BCUT2D eigenvalue weighted by Gasteiger charge is -2.01. The molecule has 0 saturated heterocycles. The van der Waals surface area contributed by atoms with E-state index in [1.807, 2.05) is 22.2 Å². The van der Waals surface area contributed by atoms with Crippen LogP contribution in [0.3, 0.4) is 0 Å². The summed E-state index contributed by atoms with van der Waals surface area (Å²) in [6.07, 6.45) is 2.66. The molecule has 0 aliphatic carbocycles. The normalized spacial score (nSPS) is 11.1. The van der Waals surface area contributed by atoms with E-state index in [1.165, 1.54) is 0 Å². The summed E-state index contributed by atoms with van der Waals surface area (Å²) in [5, 5.41) is 2.06. The number of aromatic nitrogens is 4. The minimum atomic E-state index is 0.717. The number of thiazole rings is 1. The van der Waals surface area contributed by atoms with Crippen LogP contribution in [0.25, 0.3) is 11.2 Å². The zero-order valence-electron chi connectivity index (χ0n) is 8.96. The van der Waals surface area contributed by atoms with E-state index in [0.717, 1.165) is 29.8 Å². The molecule has 3 heterocycles. The van der Waals surface area contributed by atoms with Crippen molar-refractivity contribution in [2.75, 3.05) is 0 Å². The molecule has 0 bridgehead atoms. The maximum Gasteiger partial charge on any atom is 0.179 e. The first-order valence-corrected chi connectivity index (χ1v) is 6.60. The Kier molecular flexibility index (Phi) is 2.74. The summed E-state index contributed by atoms with van der Waals surface area (Å²) in [7, 11) is 0. The Morgan fingerprint density at radius 2 is 2.35 bits per heavy atom. The number of rotatable bonds is 3. The molecule has 0 aliphatic rings. The van der Waals surface area contributed by atoms with Gasteiger partial charge in [0, 0.05) is 24.5 Å². The van der Waals surface area contributed by atoms with Crippen LogP contribution < -0.4 is 0 Å². The smallest absolute Gasteiger partial charge is 0.179 e. The fourth-order valence-corrected chi connectivity index (χ4v) is 2.66. The van der Waals surface area contributed by atoms with Crippen molar-refractivity contribution in [3.05, 3.63) is 39.7 Å². The van der Waals surface area contributed by atoms with Crippen molar-refractivity contribution in [1.82, 2.24) is 19.5 Å². The summed E-state index contributed by atoms with van der Waals surface area (Å²) in [5.74, 6) is 0. The van der Waals surface area contributed by atoms with Gasteiger partial charge in [-0.3, -0.25) is 0 Å². The molecule has 6 heteroatoms. The molecule has 86 valence electrons. The Balaban J connectivity index is 1.94. The predicted molar refractivity (Wildman–Crippen MR) is 70.7 cm³/mol. The summed E-state index contributed by atoms with van der Waals surface area (Å²) < 4.78 is 2.73. The summed E-state index contributed by atoms with van der Waals surface area (Å²) >= 11 is 6.91. The van der Waals surface area contributed by atoms with Gasteiger partial charge in [-0.1, -0.05) is 0 Å². The Bertz CT molecular complexity index is 681.